The standard InChI is InChI=1S/C26H29BN4O4S/c1-15-16(2)36-25-22(15)23(28-20(13-21(32)33-6)24-30-29-17(3)31(24)25)18-7-9-19(10-8-18)27-34-12-11-26(4,5)14-35-27/h7-10,13H,11-12,14H2,1-6H3/b20-13+. The van der Waals surface area contributed by atoms with E-state index in [4.69, 9.17) is 19.0 Å². The molecule has 186 valence electrons. The fourth-order valence-electron chi connectivity index (χ4n) is 4.37. The number of hydrogen-bond acceptors (Lipinski definition) is 8. The Balaban J connectivity index is 1.61. The zero-order valence-electron chi connectivity index (χ0n) is 21.4. The van der Waals surface area contributed by atoms with E-state index in [-0.39, 0.29) is 5.41 Å². The molecule has 3 aromatic rings. The van der Waals surface area contributed by atoms with Gasteiger partial charge in [0.05, 0.1) is 18.9 Å². The van der Waals surface area contributed by atoms with E-state index < -0.39 is 13.1 Å². The number of nitrogens with zero attached hydrogens (tertiary/aromatic N) is 4. The largest absolute Gasteiger partial charge is 0.493 e. The Kier molecular flexibility index (Phi) is 6.44. The van der Waals surface area contributed by atoms with Crippen LogP contribution in [0, 0.1) is 26.2 Å². The van der Waals surface area contributed by atoms with Crippen LogP contribution in [-0.4, -0.2) is 53.9 Å². The number of esters is 1. The third kappa shape index (κ3) is 4.45. The topological polar surface area (TPSA) is 87.8 Å². The van der Waals surface area contributed by atoms with E-state index in [2.05, 4.69) is 37.9 Å². The van der Waals surface area contributed by atoms with Gasteiger partial charge in [0.25, 0.3) is 0 Å². The van der Waals surface area contributed by atoms with Crippen LogP contribution in [0.3, 0.4) is 0 Å². The lowest BCUT2D eigenvalue weighted by Gasteiger charge is -2.20. The van der Waals surface area contributed by atoms with E-state index in [0.29, 0.717) is 24.7 Å². The van der Waals surface area contributed by atoms with Crippen LogP contribution < -0.4 is 5.46 Å². The monoisotopic (exact) mass is 504 g/mol. The van der Waals surface area contributed by atoms with Crippen molar-refractivity contribution in [3.8, 4) is 5.00 Å². The third-order valence-electron chi connectivity index (χ3n) is 6.68. The first kappa shape index (κ1) is 24.6. The summed E-state index contributed by atoms with van der Waals surface area (Å²) >= 11 is 1.66. The second-order valence-electron chi connectivity index (χ2n) is 9.93. The Morgan fingerprint density at radius 1 is 1.17 bits per heavy atom. The van der Waals surface area contributed by atoms with Gasteiger partial charge in [-0.2, -0.15) is 0 Å². The van der Waals surface area contributed by atoms with Crippen molar-refractivity contribution in [2.45, 2.75) is 41.0 Å². The maximum Gasteiger partial charge on any atom is 0.493 e. The van der Waals surface area contributed by atoms with Crippen molar-refractivity contribution in [3.05, 3.63) is 63.6 Å². The molecule has 36 heavy (non-hydrogen) atoms. The molecule has 1 fully saturated rings. The van der Waals surface area contributed by atoms with Crippen LogP contribution in [0.15, 0.2) is 35.3 Å². The minimum Gasteiger partial charge on any atom is -0.466 e. The summed E-state index contributed by atoms with van der Waals surface area (Å²) in [4.78, 5) is 18.4. The van der Waals surface area contributed by atoms with Gasteiger partial charge in [0.2, 0.25) is 0 Å². The highest BCUT2D eigenvalue weighted by Crippen LogP contribution is 2.38. The van der Waals surface area contributed by atoms with Crippen LogP contribution in [0.4, 0.5) is 0 Å². The highest BCUT2D eigenvalue weighted by atomic mass is 32.1. The van der Waals surface area contributed by atoms with Gasteiger partial charge in [0.15, 0.2) is 5.82 Å². The zero-order valence-corrected chi connectivity index (χ0v) is 22.2. The summed E-state index contributed by atoms with van der Waals surface area (Å²) in [5.41, 5.74) is 5.28. The molecule has 0 bridgehead atoms. The average Bonchev–Trinajstić information content (AvgIpc) is 3.25. The van der Waals surface area contributed by atoms with Crippen LogP contribution in [0.25, 0.3) is 10.7 Å². The number of methoxy groups -OCH3 is 1. The maximum absolute atomic E-state index is 12.2. The van der Waals surface area contributed by atoms with Crippen molar-refractivity contribution >= 4 is 41.3 Å². The molecule has 0 unspecified atom stereocenters. The molecule has 0 amide bonds. The molecule has 0 N–H and O–H groups in total. The summed E-state index contributed by atoms with van der Waals surface area (Å²) in [5, 5.41) is 9.60. The van der Waals surface area contributed by atoms with Crippen molar-refractivity contribution in [2.75, 3.05) is 20.3 Å². The summed E-state index contributed by atoms with van der Waals surface area (Å²) in [6, 6.07) is 8.11. The van der Waals surface area contributed by atoms with Gasteiger partial charge in [0, 0.05) is 29.2 Å². The SMILES string of the molecule is COC(=O)/C=C1/N=C(c2ccc(B3OCCC(C)(C)CO3)cc2)c2c(sc(C)c2C)-n2c(C)nnc21. The molecule has 0 atom stereocenters. The lowest BCUT2D eigenvalue weighted by Crippen LogP contribution is -2.37. The van der Waals surface area contributed by atoms with Gasteiger partial charge in [-0.05, 0) is 43.6 Å². The molecule has 5 rings (SSSR count). The van der Waals surface area contributed by atoms with Gasteiger partial charge in [-0.3, -0.25) is 4.57 Å². The van der Waals surface area contributed by atoms with Crippen LogP contribution in [-0.2, 0) is 18.8 Å². The molecule has 0 spiro atoms. The minimum atomic E-state index is -0.501. The molecular weight excluding hydrogens is 475 g/mol. The smallest absolute Gasteiger partial charge is 0.466 e. The zero-order chi connectivity index (χ0) is 25.6. The molecule has 10 heteroatoms. The van der Waals surface area contributed by atoms with Crippen molar-refractivity contribution in [1.29, 1.82) is 0 Å². The Labute approximate surface area is 215 Å². The van der Waals surface area contributed by atoms with Crippen LogP contribution in [0.1, 0.15) is 53.5 Å². The molecule has 0 aliphatic carbocycles. The Morgan fingerprint density at radius 2 is 1.92 bits per heavy atom. The minimum absolute atomic E-state index is 0.0917. The normalized spacial score (nSPS) is 18.2. The van der Waals surface area contributed by atoms with Gasteiger partial charge >= 0.3 is 13.1 Å². The number of thiophene rings is 1. The lowest BCUT2D eigenvalue weighted by atomic mass is 9.78. The Bertz CT molecular complexity index is 1390. The highest BCUT2D eigenvalue weighted by molar-refractivity contribution is 7.15. The van der Waals surface area contributed by atoms with E-state index in [1.807, 2.05) is 35.8 Å². The molecule has 4 heterocycles. The average molecular weight is 504 g/mol. The van der Waals surface area contributed by atoms with Gasteiger partial charge in [-0.25, -0.2) is 9.79 Å². The summed E-state index contributed by atoms with van der Waals surface area (Å²) in [6.07, 6.45) is 2.32. The van der Waals surface area contributed by atoms with Gasteiger partial charge in [-0.15, -0.1) is 21.5 Å². The Morgan fingerprint density at radius 3 is 2.64 bits per heavy atom. The van der Waals surface area contributed by atoms with Crippen molar-refractivity contribution in [3.63, 3.8) is 0 Å². The quantitative estimate of drug-likeness (QED) is 0.307. The molecular formula is C26H29BN4O4S. The van der Waals surface area contributed by atoms with Crippen molar-refractivity contribution in [2.24, 2.45) is 10.4 Å². The first-order chi connectivity index (χ1) is 17.2. The predicted octanol–water partition coefficient (Wildman–Crippen LogP) is 3.78. The molecule has 1 saturated heterocycles. The number of aryl methyl sites for hydroxylation is 2. The van der Waals surface area contributed by atoms with E-state index >= 15 is 0 Å². The summed E-state index contributed by atoms with van der Waals surface area (Å²) in [7, 11) is 0.949. The van der Waals surface area contributed by atoms with Gasteiger partial charge in [-0.1, -0.05) is 38.1 Å². The second kappa shape index (κ2) is 9.42. The predicted molar refractivity (Wildman–Crippen MR) is 141 cm³/mol. The Hall–Kier alpha value is -3.08. The number of fused-ring (bicyclic) bond motifs is 3. The van der Waals surface area contributed by atoms with Gasteiger partial charge < -0.3 is 14.0 Å². The fourth-order valence-corrected chi connectivity index (χ4v) is 5.58. The van der Waals surface area contributed by atoms with Crippen LogP contribution >= 0.6 is 11.3 Å². The first-order valence-corrected chi connectivity index (χ1v) is 12.7. The summed E-state index contributed by atoms with van der Waals surface area (Å²) in [6.45, 7) is 11.8. The van der Waals surface area contributed by atoms with E-state index in [0.717, 1.165) is 45.1 Å². The van der Waals surface area contributed by atoms with E-state index in [1.165, 1.54) is 18.1 Å². The summed E-state index contributed by atoms with van der Waals surface area (Å²) < 4.78 is 18.9. The first-order valence-electron chi connectivity index (χ1n) is 11.9. The maximum atomic E-state index is 12.2. The number of aromatic nitrogens is 3. The molecule has 1 aromatic carbocycles. The molecule has 8 nitrogen and oxygen atoms in total. The molecule has 0 saturated carbocycles. The molecule has 0 radical (unpaired) electrons. The number of ether oxygens (including phenoxy) is 1. The number of carbonyl (C=O) groups is 1. The molecule has 2 aliphatic heterocycles. The van der Waals surface area contributed by atoms with E-state index in [1.54, 1.807) is 11.3 Å². The highest BCUT2D eigenvalue weighted by Gasteiger charge is 2.32. The van der Waals surface area contributed by atoms with Gasteiger partial charge in [0.1, 0.15) is 16.5 Å². The fraction of sp³-hybridized carbons (Fsp3) is 0.385. The molecule has 2 aromatic heterocycles. The van der Waals surface area contributed by atoms with Crippen LogP contribution in [0.2, 0.25) is 0 Å². The lowest BCUT2D eigenvalue weighted by molar-refractivity contribution is -0.134. The number of benzene rings is 1. The van der Waals surface area contributed by atoms with Crippen LogP contribution in [0.5, 0.6) is 0 Å². The second-order valence-corrected chi connectivity index (χ2v) is 11.1. The third-order valence-corrected chi connectivity index (χ3v) is 7.87. The number of aliphatic imine (C=N–C) groups is 1. The number of hydrogen-bond donors (Lipinski definition) is 0. The van der Waals surface area contributed by atoms with Crippen molar-refractivity contribution in [1.82, 2.24) is 14.8 Å². The summed E-state index contributed by atoms with van der Waals surface area (Å²) in [5.74, 6) is 0.731. The molecule has 2 aliphatic rings. The number of rotatable bonds is 3. The van der Waals surface area contributed by atoms with E-state index in [9.17, 15) is 4.79 Å². The van der Waals surface area contributed by atoms with Crippen molar-refractivity contribution < 1.29 is 18.8 Å². The number of carbonyl (C=O) groups excluding carboxylic acids is 1.